The van der Waals surface area contributed by atoms with Crippen molar-refractivity contribution < 1.29 is 14.3 Å². The van der Waals surface area contributed by atoms with Gasteiger partial charge in [0.15, 0.2) is 6.10 Å². The number of halogens is 1. The van der Waals surface area contributed by atoms with Crippen molar-refractivity contribution in [3.05, 3.63) is 82.1 Å². The molecule has 0 saturated carbocycles. The van der Waals surface area contributed by atoms with E-state index in [2.05, 4.69) is 10.4 Å². The van der Waals surface area contributed by atoms with Crippen LogP contribution >= 0.6 is 11.6 Å². The molecule has 0 bridgehead atoms. The van der Waals surface area contributed by atoms with Crippen LogP contribution in [0.4, 0.5) is 5.69 Å². The molecule has 0 aliphatic heterocycles. The summed E-state index contributed by atoms with van der Waals surface area (Å²) < 4.78 is 6.88. The first-order valence-corrected chi connectivity index (χ1v) is 9.58. The molecule has 7 heteroatoms. The van der Waals surface area contributed by atoms with Gasteiger partial charge in [-0.3, -0.25) is 4.79 Å². The molecule has 0 aliphatic carbocycles. The smallest absolute Gasteiger partial charge is 0.343 e. The van der Waals surface area contributed by atoms with Crippen molar-refractivity contribution >= 4 is 29.2 Å². The van der Waals surface area contributed by atoms with Gasteiger partial charge in [-0.15, -0.1) is 0 Å². The maximum absolute atomic E-state index is 12.6. The maximum atomic E-state index is 12.6. The average Bonchev–Trinajstić information content (AvgIpc) is 2.95. The first-order valence-electron chi connectivity index (χ1n) is 9.20. The number of hydrogen-bond acceptors (Lipinski definition) is 4. The fourth-order valence-electron chi connectivity index (χ4n) is 2.89. The van der Waals surface area contributed by atoms with Gasteiger partial charge >= 0.3 is 5.97 Å². The number of aryl methyl sites for hydroxylation is 2. The zero-order valence-corrected chi connectivity index (χ0v) is 17.2. The maximum Gasteiger partial charge on any atom is 0.343 e. The van der Waals surface area contributed by atoms with Gasteiger partial charge in [-0.1, -0.05) is 54.1 Å². The summed E-state index contributed by atoms with van der Waals surface area (Å²) in [7, 11) is 0. The fraction of sp³-hybridized carbons (Fsp3) is 0.227. The lowest BCUT2D eigenvalue weighted by Gasteiger charge is -2.14. The summed E-state index contributed by atoms with van der Waals surface area (Å²) in [5.41, 5.74) is 3.27. The molecule has 0 fully saturated rings. The van der Waals surface area contributed by atoms with Gasteiger partial charge in [0.1, 0.15) is 10.7 Å². The molecule has 0 aliphatic rings. The molecule has 0 radical (unpaired) electrons. The van der Waals surface area contributed by atoms with Gasteiger partial charge in [0.2, 0.25) is 0 Å². The number of rotatable bonds is 6. The molecular formula is C22H22ClN3O3. The molecule has 6 nitrogen and oxygen atoms in total. The van der Waals surface area contributed by atoms with E-state index in [9.17, 15) is 9.59 Å². The number of anilines is 1. The predicted octanol–water partition coefficient (Wildman–Crippen LogP) is 4.39. The Kier molecular flexibility index (Phi) is 6.34. The standard InChI is InChI=1S/C22H22ClN3O3/c1-14-8-7-11-18(12-14)24-21(27)16(3)29-22(28)19-15(2)25-26(20(19)23)13-17-9-5-4-6-10-17/h4-12,16H,13H2,1-3H3,(H,24,27)/t16-/m1/s1. The summed E-state index contributed by atoms with van der Waals surface area (Å²) in [6.45, 7) is 5.55. The number of aromatic nitrogens is 2. The molecule has 29 heavy (non-hydrogen) atoms. The van der Waals surface area contributed by atoms with Gasteiger partial charge in [0.25, 0.3) is 5.91 Å². The van der Waals surface area contributed by atoms with Gasteiger partial charge in [-0.05, 0) is 44.0 Å². The second kappa shape index (κ2) is 8.92. The molecule has 0 saturated heterocycles. The molecule has 0 unspecified atom stereocenters. The van der Waals surface area contributed by atoms with Gasteiger partial charge in [-0.25, -0.2) is 9.48 Å². The lowest BCUT2D eigenvalue weighted by Crippen LogP contribution is -2.30. The quantitative estimate of drug-likeness (QED) is 0.610. The second-order valence-corrected chi connectivity index (χ2v) is 7.16. The Morgan fingerprint density at radius 2 is 1.86 bits per heavy atom. The first kappa shape index (κ1) is 20.6. The SMILES string of the molecule is Cc1cccc(NC(=O)[C@@H](C)OC(=O)c2c(C)nn(Cc3ccccc3)c2Cl)c1. The highest BCUT2D eigenvalue weighted by Crippen LogP contribution is 2.22. The topological polar surface area (TPSA) is 73.2 Å². The molecule has 1 heterocycles. The number of benzene rings is 2. The Bertz CT molecular complexity index is 1030. The first-order chi connectivity index (χ1) is 13.8. The van der Waals surface area contributed by atoms with Crippen LogP contribution in [0.25, 0.3) is 0 Å². The normalized spacial score (nSPS) is 11.7. The lowest BCUT2D eigenvalue weighted by molar-refractivity contribution is -0.123. The monoisotopic (exact) mass is 411 g/mol. The van der Waals surface area contributed by atoms with Crippen molar-refractivity contribution in [2.75, 3.05) is 5.32 Å². The number of carbonyl (C=O) groups is 2. The highest BCUT2D eigenvalue weighted by atomic mass is 35.5. The Balaban J connectivity index is 1.69. The molecule has 2 aromatic carbocycles. The third-order valence-corrected chi connectivity index (χ3v) is 4.77. The van der Waals surface area contributed by atoms with E-state index in [0.29, 0.717) is 17.9 Å². The zero-order valence-electron chi connectivity index (χ0n) is 16.5. The van der Waals surface area contributed by atoms with Crippen LogP contribution < -0.4 is 5.32 Å². The summed E-state index contributed by atoms with van der Waals surface area (Å²) >= 11 is 6.38. The van der Waals surface area contributed by atoms with Crippen LogP contribution in [0.5, 0.6) is 0 Å². The molecule has 1 aromatic heterocycles. The van der Waals surface area contributed by atoms with E-state index in [-0.39, 0.29) is 10.7 Å². The summed E-state index contributed by atoms with van der Waals surface area (Å²) in [5.74, 6) is -1.10. The van der Waals surface area contributed by atoms with Crippen molar-refractivity contribution in [3.63, 3.8) is 0 Å². The molecular weight excluding hydrogens is 390 g/mol. The zero-order chi connectivity index (χ0) is 21.0. The van der Waals surface area contributed by atoms with Crippen LogP contribution in [-0.2, 0) is 16.1 Å². The molecule has 0 spiro atoms. The highest BCUT2D eigenvalue weighted by Gasteiger charge is 2.25. The van der Waals surface area contributed by atoms with E-state index in [0.717, 1.165) is 11.1 Å². The number of carbonyl (C=O) groups excluding carboxylic acids is 2. The van der Waals surface area contributed by atoms with Crippen molar-refractivity contribution in [1.82, 2.24) is 9.78 Å². The Labute approximate surface area is 174 Å². The minimum Gasteiger partial charge on any atom is -0.449 e. The fourth-order valence-corrected chi connectivity index (χ4v) is 3.20. The molecule has 1 amide bonds. The van der Waals surface area contributed by atoms with Crippen molar-refractivity contribution in [2.45, 2.75) is 33.4 Å². The third kappa shape index (κ3) is 5.03. The van der Waals surface area contributed by atoms with Crippen LogP contribution in [-0.4, -0.2) is 27.8 Å². The van der Waals surface area contributed by atoms with E-state index < -0.39 is 18.0 Å². The number of nitrogens with one attached hydrogen (secondary N) is 1. The highest BCUT2D eigenvalue weighted by molar-refractivity contribution is 6.32. The molecule has 3 aromatic rings. The van der Waals surface area contributed by atoms with Crippen molar-refractivity contribution in [2.24, 2.45) is 0 Å². The molecule has 1 N–H and O–H groups in total. The number of nitrogens with zero attached hydrogens (tertiary/aromatic N) is 2. The number of ether oxygens (including phenoxy) is 1. The predicted molar refractivity (Wildman–Crippen MR) is 112 cm³/mol. The Morgan fingerprint density at radius 3 is 2.55 bits per heavy atom. The summed E-state index contributed by atoms with van der Waals surface area (Å²) in [4.78, 5) is 25.0. The molecule has 3 rings (SSSR count). The summed E-state index contributed by atoms with van der Waals surface area (Å²) in [6.07, 6.45) is -0.990. The van der Waals surface area contributed by atoms with Crippen molar-refractivity contribution in [1.29, 1.82) is 0 Å². The summed E-state index contributed by atoms with van der Waals surface area (Å²) in [5, 5.41) is 7.26. The van der Waals surface area contributed by atoms with E-state index in [1.807, 2.05) is 55.5 Å². The number of esters is 1. The van der Waals surface area contributed by atoms with E-state index in [1.165, 1.54) is 6.92 Å². The minimum absolute atomic E-state index is 0.165. The van der Waals surface area contributed by atoms with Crippen LogP contribution in [0.1, 0.15) is 34.1 Å². The van der Waals surface area contributed by atoms with E-state index >= 15 is 0 Å². The van der Waals surface area contributed by atoms with E-state index in [1.54, 1.807) is 17.7 Å². The van der Waals surface area contributed by atoms with Crippen LogP contribution in [0.2, 0.25) is 5.15 Å². The lowest BCUT2D eigenvalue weighted by atomic mass is 10.2. The Hall–Kier alpha value is -3.12. The summed E-state index contributed by atoms with van der Waals surface area (Å²) in [6, 6.07) is 17.0. The van der Waals surface area contributed by atoms with Crippen molar-refractivity contribution in [3.8, 4) is 0 Å². The average molecular weight is 412 g/mol. The van der Waals surface area contributed by atoms with E-state index in [4.69, 9.17) is 16.3 Å². The second-order valence-electron chi connectivity index (χ2n) is 6.80. The molecule has 150 valence electrons. The third-order valence-electron chi connectivity index (χ3n) is 4.38. The number of amides is 1. The van der Waals surface area contributed by atoms with Gasteiger partial charge < -0.3 is 10.1 Å². The van der Waals surface area contributed by atoms with Crippen LogP contribution in [0, 0.1) is 13.8 Å². The largest absolute Gasteiger partial charge is 0.449 e. The number of hydrogen-bond donors (Lipinski definition) is 1. The molecule has 1 atom stereocenters. The van der Waals surface area contributed by atoms with Crippen LogP contribution in [0.3, 0.4) is 0 Å². The van der Waals surface area contributed by atoms with Gasteiger partial charge in [0, 0.05) is 5.69 Å². The van der Waals surface area contributed by atoms with Gasteiger partial charge in [0.05, 0.1) is 12.2 Å². The Morgan fingerprint density at radius 1 is 1.14 bits per heavy atom. The van der Waals surface area contributed by atoms with Gasteiger partial charge in [-0.2, -0.15) is 5.10 Å². The van der Waals surface area contributed by atoms with Crippen LogP contribution in [0.15, 0.2) is 54.6 Å². The minimum atomic E-state index is -0.990.